The minimum absolute atomic E-state index is 0.0423. The molecule has 0 bridgehead atoms. The summed E-state index contributed by atoms with van der Waals surface area (Å²) in [6.45, 7) is 5.67. The highest BCUT2D eigenvalue weighted by Gasteiger charge is 2.24. The van der Waals surface area contributed by atoms with Gasteiger partial charge in [-0.15, -0.1) is 10.2 Å². The van der Waals surface area contributed by atoms with E-state index in [9.17, 15) is 4.79 Å². The number of aryl methyl sites for hydroxylation is 2. The molecule has 1 saturated heterocycles. The van der Waals surface area contributed by atoms with Crippen molar-refractivity contribution in [1.29, 1.82) is 0 Å². The third-order valence-corrected chi connectivity index (χ3v) is 7.94. The average Bonchev–Trinajstić information content (AvgIpc) is 3.64. The van der Waals surface area contributed by atoms with Crippen molar-refractivity contribution in [1.82, 2.24) is 45.0 Å². The number of piperidine rings is 1. The van der Waals surface area contributed by atoms with E-state index in [0.29, 0.717) is 23.2 Å². The SMILES string of the molecule is Cc1c(-c2ccnn2C)nnc(N2CCC(NC(=O)Nc3ccc(Oc4nc(Nc5ccn(C)n5)ncc4Cl)cc3)CC2)c1C. The molecule has 1 fully saturated rings. The molecule has 14 nitrogen and oxygen atoms in total. The topological polar surface area (TPSA) is 153 Å². The Morgan fingerprint density at radius 1 is 1.02 bits per heavy atom. The predicted octanol–water partition coefficient (Wildman–Crippen LogP) is 5.00. The molecule has 0 atom stereocenters. The highest BCUT2D eigenvalue weighted by Crippen LogP contribution is 2.30. The number of urea groups is 1. The fourth-order valence-corrected chi connectivity index (χ4v) is 5.26. The summed E-state index contributed by atoms with van der Waals surface area (Å²) in [5, 5.41) is 26.8. The number of carbonyl (C=O) groups excluding carboxylic acids is 1. The minimum Gasteiger partial charge on any atom is -0.437 e. The Morgan fingerprint density at radius 2 is 1.80 bits per heavy atom. The highest BCUT2D eigenvalue weighted by atomic mass is 35.5. The van der Waals surface area contributed by atoms with Gasteiger partial charge in [-0.05, 0) is 68.1 Å². The Kier molecular flexibility index (Phi) is 8.47. The number of nitrogens with one attached hydrogen (secondary N) is 3. The number of nitrogens with zero attached hydrogens (tertiary/aromatic N) is 9. The first-order valence-electron chi connectivity index (χ1n) is 14.5. The first-order valence-corrected chi connectivity index (χ1v) is 14.8. The Labute approximate surface area is 264 Å². The normalized spacial score (nSPS) is 13.5. The van der Waals surface area contributed by atoms with Crippen molar-refractivity contribution < 1.29 is 9.53 Å². The molecule has 6 rings (SSSR count). The summed E-state index contributed by atoms with van der Waals surface area (Å²) in [6.07, 6.45) is 6.60. The van der Waals surface area contributed by atoms with Gasteiger partial charge < -0.3 is 25.6 Å². The van der Waals surface area contributed by atoms with Crippen molar-refractivity contribution in [3.05, 3.63) is 71.1 Å². The lowest BCUT2D eigenvalue weighted by Crippen LogP contribution is -2.46. The number of hydrogen-bond acceptors (Lipinski definition) is 10. The van der Waals surface area contributed by atoms with E-state index in [1.165, 1.54) is 6.20 Å². The fourth-order valence-electron chi connectivity index (χ4n) is 5.13. The number of benzene rings is 1. The number of hydrogen-bond donors (Lipinski definition) is 3. The number of carbonyl (C=O) groups is 1. The van der Waals surface area contributed by atoms with Crippen LogP contribution in [0, 0.1) is 13.8 Å². The smallest absolute Gasteiger partial charge is 0.319 e. The maximum atomic E-state index is 12.8. The van der Waals surface area contributed by atoms with Crippen LogP contribution >= 0.6 is 11.6 Å². The molecular weight excluding hydrogens is 596 g/mol. The van der Waals surface area contributed by atoms with Crippen LogP contribution in [0.3, 0.4) is 0 Å². The Bertz CT molecular complexity index is 1810. The van der Waals surface area contributed by atoms with Crippen LogP contribution in [-0.2, 0) is 14.1 Å². The summed E-state index contributed by atoms with van der Waals surface area (Å²) < 4.78 is 9.34. The Balaban J connectivity index is 0.999. The molecule has 3 N–H and O–H groups in total. The van der Waals surface area contributed by atoms with Gasteiger partial charge in [0.25, 0.3) is 0 Å². The van der Waals surface area contributed by atoms with E-state index in [1.807, 2.05) is 20.2 Å². The molecule has 4 aromatic heterocycles. The number of ether oxygens (including phenoxy) is 1. The van der Waals surface area contributed by atoms with E-state index in [-0.39, 0.29) is 23.0 Å². The largest absolute Gasteiger partial charge is 0.437 e. The molecule has 45 heavy (non-hydrogen) atoms. The van der Waals surface area contributed by atoms with E-state index in [4.69, 9.17) is 16.3 Å². The van der Waals surface area contributed by atoms with Crippen LogP contribution in [0.1, 0.15) is 24.0 Å². The van der Waals surface area contributed by atoms with E-state index in [0.717, 1.165) is 54.3 Å². The summed E-state index contributed by atoms with van der Waals surface area (Å²) in [4.78, 5) is 23.5. The third-order valence-electron chi connectivity index (χ3n) is 7.68. The predicted molar refractivity (Wildman–Crippen MR) is 171 cm³/mol. The number of aromatic nitrogens is 8. The van der Waals surface area contributed by atoms with Crippen LogP contribution in [0.5, 0.6) is 11.6 Å². The standard InChI is InChI=1S/C30H33ClN12O2/c1-18-19(2)27(39-38-26(18)24-9-13-33-42(24)4)43-15-10-21(11-16-43)35-30(44)34-20-5-7-22(8-6-20)45-28-23(31)17-32-29(37-28)36-25-12-14-41(3)40-25/h5-9,12-14,17,21H,10-11,15-16H2,1-4H3,(H2,34,35,44)(H,32,36,37,40). The number of anilines is 4. The van der Waals surface area contributed by atoms with Gasteiger partial charge >= 0.3 is 6.03 Å². The summed E-state index contributed by atoms with van der Waals surface area (Å²) in [6, 6.07) is 10.5. The van der Waals surface area contributed by atoms with Gasteiger partial charge in [-0.3, -0.25) is 9.36 Å². The van der Waals surface area contributed by atoms with Crippen molar-refractivity contribution in [2.45, 2.75) is 32.7 Å². The lowest BCUT2D eigenvalue weighted by molar-refractivity contribution is 0.246. The van der Waals surface area contributed by atoms with Crippen LogP contribution in [0.2, 0.25) is 5.02 Å². The van der Waals surface area contributed by atoms with Crippen molar-refractivity contribution in [2.24, 2.45) is 14.1 Å². The number of rotatable bonds is 8. The van der Waals surface area contributed by atoms with Crippen LogP contribution < -0.4 is 25.6 Å². The lowest BCUT2D eigenvalue weighted by atomic mass is 10.0. The molecule has 0 aliphatic carbocycles. The third kappa shape index (κ3) is 6.80. The molecule has 1 aliphatic rings. The lowest BCUT2D eigenvalue weighted by Gasteiger charge is -2.34. The quantitative estimate of drug-likeness (QED) is 0.214. The second-order valence-corrected chi connectivity index (χ2v) is 11.2. The van der Waals surface area contributed by atoms with Gasteiger partial charge in [0.1, 0.15) is 16.5 Å². The first-order chi connectivity index (χ1) is 21.7. The molecule has 232 valence electrons. The monoisotopic (exact) mass is 628 g/mol. The summed E-state index contributed by atoms with van der Waals surface area (Å²) in [5.74, 6) is 2.46. The second kappa shape index (κ2) is 12.8. The highest BCUT2D eigenvalue weighted by molar-refractivity contribution is 6.31. The maximum Gasteiger partial charge on any atom is 0.319 e. The number of amides is 2. The molecule has 5 heterocycles. The zero-order valence-electron chi connectivity index (χ0n) is 25.3. The van der Waals surface area contributed by atoms with Crippen molar-refractivity contribution in [3.63, 3.8) is 0 Å². The van der Waals surface area contributed by atoms with Gasteiger partial charge in [-0.25, -0.2) is 9.78 Å². The molecule has 5 aromatic rings. The van der Waals surface area contributed by atoms with Gasteiger partial charge in [0.15, 0.2) is 11.6 Å². The Morgan fingerprint density at radius 3 is 2.49 bits per heavy atom. The molecule has 0 spiro atoms. The van der Waals surface area contributed by atoms with Gasteiger partial charge in [0.2, 0.25) is 11.8 Å². The summed E-state index contributed by atoms with van der Waals surface area (Å²) in [7, 11) is 3.71. The van der Waals surface area contributed by atoms with E-state index in [1.54, 1.807) is 52.1 Å². The van der Waals surface area contributed by atoms with Crippen LogP contribution in [0.25, 0.3) is 11.4 Å². The number of halogens is 1. The molecule has 1 aromatic carbocycles. The van der Waals surface area contributed by atoms with Crippen molar-refractivity contribution in [3.8, 4) is 23.0 Å². The fraction of sp³-hybridized carbons (Fsp3) is 0.300. The van der Waals surface area contributed by atoms with Gasteiger partial charge in [-0.2, -0.15) is 15.2 Å². The summed E-state index contributed by atoms with van der Waals surface area (Å²) in [5.41, 5.74) is 4.58. The Hall–Kier alpha value is -5.24. The molecule has 15 heteroatoms. The zero-order valence-corrected chi connectivity index (χ0v) is 26.1. The molecular formula is C30H33ClN12O2. The minimum atomic E-state index is -0.265. The maximum absolute atomic E-state index is 12.8. The zero-order chi connectivity index (χ0) is 31.5. The second-order valence-electron chi connectivity index (χ2n) is 10.8. The first kappa shape index (κ1) is 29.8. The summed E-state index contributed by atoms with van der Waals surface area (Å²) >= 11 is 6.26. The molecule has 0 saturated carbocycles. The van der Waals surface area contributed by atoms with Crippen molar-refractivity contribution >= 4 is 40.9 Å². The van der Waals surface area contributed by atoms with Crippen LogP contribution in [0.15, 0.2) is 55.0 Å². The van der Waals surface area contributed by atoms with E-state index in [2.05, 4.69) is 65.1 Å². The van der Waals surface area contributed by atoms with Crippen LogP contribution in [-0.4, -0.2) is 64.9 Å². The molecule has 2 amide bonds. The van der Waals surface area contributed by atoms with E-state index >= 15 is 0 Å². The molecule has 1 aliphatic heterocycles. The van der Waals surface area contributed by atoms with Gasteiger partial charge in [0, 0.05) is 57.4 Å². The van der Waals surface area contributed by atoms with Gasteiger partial charge in [-0.1, -0.05) is 11.6 Å². The molecule has 0 radical (unpaired) electrons. The van der Waals surface area contributed by atoms with E-state index < -0.39 is 0 Å². The van der Waals surface area contributed by atoms with Crippen molar-refractivity contribution in [2.75, 3.05) is 28.6 Å². The average molecular weight is 629 g/mol. The van der Waals surface area contributed by atoms with Gasteiger partial charge in [0.05, 0.1) is 11.9 Å². The van der Waals surface area contributed by atoms with Crippen LogP contribution in [0.4, 0.5) is 28.1 Å². The molecule has 0 unspecified atom stereocenters.